The summed E-state index contributed by atoms with van der Waals surface area (Å²) in [5, 5.41) is 9.08. The van der Waals surface area contributed by atoms with E-state index in [4.69, 9.17) is 9.84 Å². The van der Waals surface area contributed by atoms with E-state index >= 15 is 0 Å². The van der Waals surface area contributed by atoms with Crippen LogP contribution < -0.4 is 0 Å². The zero-order valence-electron chi connectivity index (χ0n) is 11.6. The van der Waals surface area contributed by atoms with Crippen molar-refractivity contribution in [3.8, 4) is 0 Å². The Labute approximate surface area is 126 Å². The first-order valence-electron chi connectivity index (χ1n) is 6.83. The summed E-state index contributed by atoms with van der Waals surface area (Å²) in [6.45, 7) is -0.250. The fourth-order valence-electron chi connectivity index (χ4n) is 2.87. The standard InChI is InChI=1S/C13H15FN2O5S/c14-9-4-10(6-15-5-9)22(19,20)16-7-11(12(17)18)21-8-13(16)2-1-3-13/h4-6,11H,1-3,7-8H2,(H,17,18). The van der Waals surface area contributed by atoms with E-state index < -0.39 is 33.5 Å². The molecular formula is C13H15FN2O5S. The van der Waals surface area contributed by atoms with Gasteiger partial charge in [-0.05, 0) is 25.3 Å². The fraction of sp³-hybridized carbons (Fsp3) is 0.538. The minimum atomic E-state index is -4.03. The van der Waals surface area contributed by atoms with Crippen LogP contribution in [-0.4, -0.2) is 53.6 Å². The third kappa shape index (κ3) is 2.38. The van der Waals surface area contributed by atoms with Crippen LogP contribution in [0.2, 0.25) is 0 Å². The zero-order valence-corrected chi connectivity index (χ0v) is 12.4. The number of sulfonamides is 1. The molecule has 1 spiro atoms. The van der Waals surface area contributed by atoms with Crippen LogP contribution in [0.1, 0.15) is 19.3 Å². The van der Waals surface area contributed by atoms with Crippen molar-refractivity contribution in [3.63, 3.8) is 0 Å². The summed E-state index contributed by atoms with van der Waals surface area (Å²) >= 11 is 0. The highest BCUT2D eigenvalue weighted by atomic mass is 32.2. The van der Waals surface area contributed by atoms with Gasteiger partial charge >= 0.3 is 5.97 Å². The SMILES string of the molecule is O=C(O)C1CN(S(=O)(=O)c2cncc(F)c2)C2(CCC2)CO1. The van der Waals surface area contributed by atoms with Gasteiger partial charge in [0.25, 0.3) is 0 Å². The number of aliphatic carboxylic acids is 1. The molecule has 22 heavy (non-hydrogen) atoms. The number of nitrogens with zero attached hydrogens (tertiary/aromatic N) is 2. The lowest BCUT2D eigenvalue weighted by Gasteiger charge is -2.52. The Morgan fingerprint density at radius 3 is 2.73 bits per heavy atom. The van der Waals surface area contributed by atoms with Gasteiger partial charge in [0.05, 0.1) is 24.9 Å². The van der Waals surface area contributed by atoms with Gasteiger partial charge in [-0.3, -0.25) is 4.98 Å². The monoisotopic (exact) mass is 330 g/mol. The van der Waals surface area contributed by atoms with Crippen molar-refractivity contribution in [2.24, 2.45) is 0 Å². The van der Waals surface area contributed by atoms with Crippen molar-refractivity contribution < 1.29 is 27.4 Å². The van der Waals surface area contributed by atoms with Crippen LogP contribution in [0.3, 0.4) is 0 Å². The molecule has 0 bridgehead atoms. The van der Waals surface area contributed by atoms with Gasteiger partial charge in [0.1, 0.15) is 10.7 Å². The number of hydrogen-bond donors (Lipinski definition) is 1. The van der Waals surface area contributed by atoms with E-state index in [1.54, 1.807) is 0 Å². The number of carbonyl (C=O) groups is 1. The van der Waals surface area contributed by atoms with Crippen molar-refractivity contribution >= 4 is 16.0 Å². The van der Waals surface area contributed by atoms with E-state index in [1.165, 1.54) is 0 Å². The van der Waals surface area contributed by atoms with Crippen LogP contribution in [0, 0.1) is 5.82 Å². The average Bonchev–Trinajstić information content (AvgIpc) is 2.44. The van der Waals surface area contributed by atoms with E-state index in [9.17, 15) is 17.6 Å². The number of carboxylic acids is 1. The molecule has 2 fully saturated rings. The summed E-state index contributed by atoms with van der Waals surface area (Å²) in [6, 6.07) is 0.889. The second-order valence-electron chi connectivity index (χ2n) is 5.59. The van der Waals surface area contributed by atoms with Gasteiger partial charge in [0.2, 0.25) is 10.0 Å². The van der Waals surface area contributed by atoms with Crippen LogP contribution in [0.4, 0.5) is 4.39 Å². The Balaban J connectivity index is 1.99. The number of hydrogen-bond acceptors (Lipinski definition) is 5. The smallest absolute Gasteiger partial charge is 0.334 e. The molecule has 0 radical (unpaired) electrons. The molecule has 3 rings (SSSR count). The largest absolute Gasteiger partial charge is 0.479 e. The van der Waals surface area contributed by atoms with Gasteiger partial charge < -0.3 is 9.84 Å². The molecule has 7 nitrogen and oxygen atoms in total. The number of morpholine rings is 1. The Morgan fingerprint density at radius 1 is 1.45 bits per heavy atom. The maximum absolute atomic E-state index is 13.3. The molecule has 1 aromatic rings. The van der Waals surface area contributed by atoms with Gasteiger partial charge in [-0.25, -0.2) is 17.6 Å². The van der Waals surface area contributed by atoms with Crippen molar-refractivity contribution in [1.29, 1.82) is 0 Å². The summed E-state index contributed by atoms with van der Waals surface area (Å²) in [6.07, 6.45) is 2.80. The molecule has 0 amide bonds. The highest BCUT2D eigenvalue weighted by Crippen LogP contribution is 2.43. The number of ether oxygens (including phenoxy) is 1. The highest BCUT2D eigenvalue weighted by Gasteiger charge is 2.53. The first-order chi connectivity index (χ1) is 10.3. The maximum Gasteiger partial charge on any atom is 0.334 e. The lowest BCUT2D eigenvalue weighted by Crippen LogP contribution is -2.65. The molecule has 1 atom stereocenters. The van der Waals surface area contributed by atoms with Crippen LogP contribution in [-0.2, 0) is 19.6 Å². The van der Waals surface area contributed by atoms with Crippen LogP contribution in [0.25, 0.3) is 0 Å². The molecule has 1 aliphatic heterocycles. The highest BCUT2D eigenvalue weighted by molar-refractivity contribution is 7.89. The maximum atomic E-state index is 13.3. The molecule has 1 saturated heterocycles. The first-order valence-corrected chi connectivity index (χ1v) is 8.27. The molecule has 9 heteroatoms. The van der Waals surface area contributed by atoms with Gasteiger partial charge in [0, 0.05) is 6.20 Å². The molecule has 1 N–H and O–H groups in total. The van der Waals surface area contributed by atoms with Gasteiger partial charge in [-0.2, -0.15) is 4.31 Å². The number of rotatable bonds is 3. The second kappa shape index (κ2) is 5.25. The van der Waals surface area contributed by atoms with Crippen molar-refractivity contribution in [2.45, 2.75) is 35.8 Å². The Bertz CT molecular complexity index is 704. The molecule has 2 aliphatic rings. The molecular weight excluding hydrogens is 315 g/mol. The topological polar surface area (TPSA) is 96.8 Å². The minimum Gasteiger partial charge on any atom is -0.479 e. The molecule has 0 aromatic carbocycles. The third-order valence-corrected chi connectivity index (χ3v) is 6.18. The minimum absolute atomic E-state index is 0.0337. The second-order valence-corrected chi connectivity index (χ2v) is 7.45. The summed E-state index contributed by atoms with van der Waals surface area (Å²) < 4.78 is 45.3. The van der Waals surface area contributed by atoms with Crippen LogP contribution in [0.5, 0.6) is 0 Å². The van der Waals surface area contributed by atoms with E-state index in [1.807, 2.05) is 0 Å². The molecule has 1 saturated carbocycles. The number of aromatic nitrogens is 1. The van der Waals surface area contributed by atoms with E-state index in [0.717, 1.165) is 29.2 Å². The summed E-state index contributed by atoms with van der Waals surface area (Å²) in [5.41, 5.74) is -0.725. The quantitative estimate of drug-likeness (QED) is 0.872. The van der Waals surface area contributed by atoms with E-state index in [-0.39, 0.29) is 18.0 Å². The molecule has 1 unspecified atom stereocenters. The first kappa shape index (κ1) is 15.3. The molecule has 1 aromatic heterocycles. The normalized spacial score (nSPS) is 24.9. The Morgan fingerprint density at radius 2 is 2.18 bits per heavy atom. The average molecular weight is 330 g/mol. The number of halogens is 1. The summed E-state index contributed by atoms with van der Waals surface area (Å²) in [4.78, 5) is 14.4. The third-order valence-electron chi connectivity index (χ3n) is 4.24. The van der Waals surface area contributed by atoms with Crippen LogP contribution >= 0.6 is 0 Å². The van der Waals surface area contributed by atoms with Crippen molar-refractivity contribution in [2.75, 3.05) is 13.2 Å². The summed E-state index contributed by atoms with van der Waals surface area (Å²) in [5.74, 6) is -1.97. The van der Waals surface area contributed by atoms with Gasteiger partial charge in [-0.1, -0.05) is 0 Å². The van der Waals surface area contributed by atoms with Gasteiger partial charge in [-0.15, -0.1) is 0 Å². The zero-order chi connectivity index (χ0) is 16.0. The lowest BCUT2D eigenvalue weighted by molar-refractivity contribution is -0.166. The molecule has 120 valence electrons. The number of carboxylic acid groups (broad SMARTS) is 1. The summed E-state index contributed by atoms with van der Waals surface area (Å²) in [7, 11) is -4.03. The predicted molar refractivity (Wildman–Crippen MR) is 72.0 cm³/mol. The molecule has 1 aliphatic carbocycles. The van der Waals surface area contributed by atoms with Crippen molar-refractivity contribution in [3.05, 3.63) is 24.3 Å². The van der Waals surface area contributed by atoms with Crippen LogP contribution in [0.15, 0.2) is 23.4 Å². The van der Waals surface area contributed by atoms with E-state index in [2.05, 4.69) is 4.98 Å². The van der Waals surface area contributed by atoms with Crippen molar-refractivity contribution in [1.82, 2.24) is 9.29 Å². The molecule has 2 heterocycles. The predicted octanol–water partition coefficient (Wildman–Crippen LogP) is 0.617. The number of pyridine rings is 1. The van der Waals surface area contributed by atoms with E-state index in [0.29, 0.717) is 12.8 Å². The Hall–Kier alpha value is -1.58. The lowest BCUT2D eigenvalue weighted by atomic mass is 9.76. The Kier molecular flexibility index (Phi) is 3.66. The van der Waals surface area contributed by atoms with Gasteiger partial charge in [0.15, 0.2) is 6.10 Å². The fourth-order valence-corrected chi connectivity index (χ4v) is 4.65.